The molecule has 2 rings (SSSR count). The van der Waals surface area contributed by atoms with E-state index < -0.39 is 0 Å². The minimum atomic E-state index is -0.196. The van der Waals surface area contributed by atoms with E-state index in [4.69, 9.17) is 0 Å². The fourth-order valence-electron chi connectivity index (χ4n) is 2.20. The zero-order chi connectivity index (χ0) is 16.8. The number of carbonyl (C=O) groups excluding carboxylic acids is 2. The predicted molar refractivity (Wildman–Crippen MR) is 94.3 cm³/mol. The molecule has 2 N–H and O–H groups in total. The number of nitrogens with one attached hydrogen (secondary N) is 2. The van der Waals surface area contributed by atoms with E-state index in [1.54, 1.807) is 18.2 Å². The first-order valence-electron chi connectivity index (χ1n) is 7.38. The lowest BCUT2D eigenvalue weighted by Gasteiger charge is -2.09. The van der Waals surface area contributed by atoms with Gasteiger partial charge >= 0.3 is 0 Å². The molecule has 0 atom stereocenters. The Kier molecular flexibility index (Phi) is 5.31. The van der Waals surface area contributed by atoms with Crippen molar-refractivity contribution in [3.05, 3.63) is 65.2 Å². The van der Waals surface area contributed by atoms with Gasteiger partial charge in [-0.3, -0.25) is 9.59 Å². The maximum atomic E-state index is 12.0. The zero-order valence-electron chi connectivity index (χ0n) is 13.5. The first kappa shape index (κ1) is 16.5. The van der Waals surface area contributed by atoms with Crippen molar-refractivity contribution in [2.24, 2.45) is 0 Å². The van der Waals surface area contributed by atoms with E-state index in [-0.39, 0.29) is 11.8 Å². The number of hydrogen-bond donors (Lipinski definition) is 2. The topological polar surface area (TPSA) is 58.2 Å². The van der Waals surface area contributed by atoms with Gasteiger partial charge in [0.2, 0.25) is 11.8 Å². The molecule has 0 bridgehead atoms. The number of benzene rings is 2. The van der Waals surface area contributed by atoms with Crippen LogP contribution in [0.4, 0.5) is 11.4 Å². The number of anilines is 2. The SMILES string of the molecule is CC(=O)Nc1ccc(NC(=O)/C=C/c2cccc(C)c2)cc1C. The van der Waals surface area contributed by atoms with Crippen molar-refractivity contribution in [1.82, 2.24) is 0 Å². The molecule has 4 nitrogen and oxygen atoms in total. The molecular formula is C19H20N2O2. The zero-order valence-corrected chi connectivity index (χ0v) is 13.5. The fraction of sp³-hybridized carbons (Fsp3) is 0.158. The summed E-state index contributed by atoms with van der Waals surface area (Å²) in [6.07, 6.45) is 3.28. The van der Waals surface area contributed by atoms with Crippen molar-refractivity contribution in [2.45, 2.75) is 20.8 Å². The number of aryl methyl sites for hydroxylation is 2. The van der Waals surface area contributed by atoms with Gasteiger partial charge in [0.05, 0.1) is 0 Å². The van der Waals surface area contributed by atoms with E-state index in [1.165, 1.54) is 13.0 Å². The lowest BCUT2D eigenvalue weighted by Crippen LogP contribution is -2.10. The van der Waals surface area contributed by atoms with E-state index in [2.05, 4.69) is 10.6 Å². The standard InChI is InChI=1S/C19H20N2O2/c1-13-5-4-6-16(11-13)7-10-19(23)21-17-8-9-18(14(2)12-17)20-15(3)22/h4-12H,1-3H3,(H,20,22)(H,21,23)/b10-7+. The Morgan fingerprint density at radius 3 is 2.43 bits per heavy atom. The van der Waals surface area contributed by atoms with Crippen LogP contribution in [-0.4, -0.2) is 11.8 Å². The molecular weight excluding hydrogens is 288 g/mol. The molecule has 0 aromatic heterocycles. The van der Waals surface area contributed by atoms with Gasteiger partial charge in [0.15, 0.2) is 0 Å². The highest BCUT2D eigenvalue weighted by atomic mass is 16.2. The molecule has 0 saturated heterocycles. The van der Waals surface area contributed by atoms with Crippen LogP contribution < -0.4 is 10.6 Å². The van der Waals surface area contributed by atoms with Crippen LogP contribution in [0.2, 0.25) is 0 Å². The highest BCUT2D eigenvalue weighted by Crippen LogP contribution is 2.19. The summed E-state index contributed by atoms with van der Waals surface area (Å²) in [7, 11) is 0. The van der Waals surface area contributed by atoms with Crippen LogP contribution in [0, 0.1) is 13.8 Å². The molecule has 23 heavy (non-hydrogen) atoms. The van der Waals surface area contributed by atoms with Crippen molar-refractivity contribution >= 4 is 29.3 Å². The third-order valence-corrected chi connectivity index (χ3v) is 3.27. The Morgan fingerprint density at radius 1 is 1.00 bits per heavy atom. The monoisotopic (exact) mass is 308 g/mol. The Labute approximate surface area is 136 Å². The Balaban J connectivity index is 2.02. The summed E-state index contributed by atoms with van der Waals surface area (Å²) in [6.45, 7) is 5.35. The van der Waals surface area contributed by atoms with Crippen molar-refractivity contribution in [1.29, 1.82) is 0 Å². The largest absolute Gasteiger partial charge is 0.326 e. The van der Waals surface area contributed by atoms with Gasteiger partial charge in [0.1, 0.15) is 0 Å². The highest BCUT2D eigenvalue weighted by molar-refractivity contribution is 6.02. The molecule has 0 spiro atoms. The third-order valence-electron chi connectivity index (χ3n) is 3.27. The van der Waals surface area contributed by atoms with Crippen LogP contribution in [0.5, 0.6) is 0 Å². The summed E-state index contributed by atoms with van der Waals surface area (Å²) < 4.78 is 0. The third kappa shape index (κ3) is 5.11. The Bertz CT molecular complexity index is 764. The minimum absolute atomic E-state index is 0.119. The summed E-state index contributed by atoms with van der Waals surface area (Å²) >= 11 is 0. The molecule has 0 radical (unpaired) electrons. The number of hydrogen-bond acceptors (Lipinski definition) is 2. The molecule has 0 aliphatic heterocycles. The van der Waals surface area contributed by atoms with Gasteiger partial charge in [0.25, 0.3) is 0 Å². The van der Waals surface area contributed by atoms with E-state index in [9.17, 15) is 9.59 Å². The molecule has 118 valence electrons. The summed E-state index contributed by atoms with van der Waals surface area (Å²) in [5, 5.41) is 5.55. The van der Waals surface area contributed by atoms with Gasteiger partial charge in [-0.15, -0.1) is 0 Å². The molecule has 2 aromatic carbocycles. The van der Waals surface area contributed by atoms with Gasteiger partial charge in [-0.1, -0.05) is 29.8 Å². The minimum Gasteiger partial charge on any atom is -0.326 e. The summed E-state index contributed by atoms with van der Waals surface area (Å²) in [4.78, 5) is 23.1. The summed E-state index contributed by atoms with van der Waals surface area (Å²) in [5.41, 5.74) is 4.45. The van der Waals surface area contributed by atoms with E-state index in [1.807, 2.05) is 44.2 Å². The first-order chi connectivity index (χ1) is 10.9. The molecule has 0 fully saturated rings. The van der Waals surface area contributed by atoms with Gasteiger partial charge in [-0.05, 0) is 49.2 Å². The van der Waals surface area contributed by atoms with Gasteiger partial charge in [0, 0.05) is 24.4 Å². The summed E-state index contributed by atoms with van der Waals surface area (Å²) in [5.74, 6) is -0.316. The normalized spacial score (nSPS) is 10.6. The van der Waals surface area contributed by atoms with Crippen LogP contribution in [0.3, 0.4) is 0 Å². The fourth-order valence-corrected chi connectivity index (χ4v) is 2.20. The molecule has 0 aliphatic carbocycles. The van der Waals surface area contributed by atoms with E-state index >= 15 is 0 Å². The molecule has 0 heterocycles. The molecule has 0 aliphatic rings. The predicted octanol–water partition coefficient (Wildman–Crippen LogP) is 3.91. The molecule has 4 heteroatoms. The van der Waals surface area contributed by atoms with Crippen LogP contribution >= 0.6 is 0 Å². The van der Waals surface area contributed by atoms with Gasteiger partial charge in [-0.25, -0.2) is 0 Å². The van der Waals surface area contributed by atoms with Crippen molar-refractivity contribution in [3.63, 3.8) is 0 Å². The maximum absolute atomic E-state index is 12.0. The molecule has 0 saturated carbocycles. The second-order valence-corrected chi connectivity index (χ2v) is 5.45. The van der Waals surface area contributed by atoms with Crippen LogP contribution in [-0.2, 0) is 9.59 Å². The molecule has 0 unspecified atom stereocenters. The Morgan fingerprint density at radius 2 is 1.78 bits per heavy atom. The van der Waals surface area contributed by atoms with Crippen LogP contribution in [0.1, 0.15) is 23.6 Å². The second-order valence-electron chi connectivity index (χ2n) is 5.45. The quantitative estimate of drug-likeness (QED) is 0.841. The smallest absolute Gasteiger partial charge is 0.248 e. The maximum Gasteiger partial charge on any atom is 0.248 e. The number of carbonyl (C=O) groups is 2. The van der Waals surface area contributed by atoms with Gasteiger partial charge in [-0.2, -0.15) is 0 Å². The molecule has 2 aromatic rings. The number of amides is 2. The van der Waals surface area contributed by atoms with Crippen molar-refractivity contribution < 1.29 is 9.59 Å². The van der Waals surface area contributed by atoms with E-state index in [0.29, 0.717) is 5.69 Å². The van der Waals surface area contributed by atoms with Crippen LogP contribution in [0.15, 0.2) is 48.5 Å². The average molecular weight is 308 g/mol. The second kappa shape index (κ2) is 7.40. The first-order valence-corrected chi connectivity index (χ1v) is 7.38. The van der Waals surface area contributed by atoms with Crippen molar-refractivity contribution in [2.75, 3.05) is 10.6 Å². The average Bonchev–Trinajstić information content (AvgIpc) is 2.48. The van der Waals surface area contributed by atoms with E-state index in [0.717, 1.165) is 22.4 Å². The highest BCUT2D eigenvalue weighted by Gasteiger charge is 2.03. The Hall–Kier alpha value is -2.88. The summed E-state index contributed by atoms with van der Waals surface area (Å²) in [6, 6.07) is 13.3. The molecule has 2 amide bonds. The van der Waals surface area contributed by atoms with Crippen molar-refractivity contribution in [3.8, 4) is 0 Å². The van der Waals surface area contributed by atoms with Crippen LogP contribution in [0.25, 0.3) is 6.08 Å². The lowest BCUT2D eigenvalue weighted by atomic mass is 10.1. The lowest BCUT2D eigenvalue weighted by molar-refractivity contribution is -0.114. The van der Waals surface area contributed by atoms with Gasteiger partial charge < -0.3 is 10.6 Å². The number of rotatable bonds is 4.